The van der Waals surface area contributed by atoms with Crippen molar-refractivity contribution in [2.45, 2.75) is 25.2 Å². The largest absolute Gasteiger partial charge is 0.206 e. The number of benzene rings is 2. The van der Waals surface area contributed by atoms with Gasteiger partial charge in [0.1, 0.15) is 5.82 Å². The third-order valence-corrected chi connectivity index (χ3v) is 3.85. The first-order valence-electron chi connectivity index (χ1n) is 6.43. The Labute approximate surface area is 112 Å². The Kier molecular flexibility index (Phi) is 2.64. The first-order valence-corrected chi connectivity index (χ1v) is 6.43. The van der Waals surface area contributed by atoms with Gasteiger partial charge in [0.15, 0.2) is 0 Å². The minimum Gasteiger partial charge on any atom is -0.206 e. The van der Waals surface area contributed by atoms with E-state index in [1.165, 1.54) is 6.07 Å². The third kappa shape index (κ3) is 2.02. The van der Waals surface area contributed by atoms with Crippen LogP contribution in [0.4, 0.5) is 4.39 Å². The fourth-order valence-electron chi connectivity index (χ4n) is 2.37. The van der Waals surface area contributed by atoms with Crippen molar-refractivity contribution in [3.05, 3.63) is 59.4 Å². The van der Waals surface area contributed by atoms with Crippen molar-refractivity contribution in [1.29, 1.82) is 5.26 Å². The molecule has 1 aliphatic rings. The van der Waals surface area contributed by atoms with Crippen LogP contribution in [0.25, 0.3) is 11.1 Å². The number of hydrogen-bond acceptors (Lipinski definition) is 1. The summed E-state index contributed by atoms with van der Waals surface area (Å²) in [5, 5.41) is 9.15. The molecule has 0 unspecified atom stereocenters. The average molecular weight is 251 g/mol. The molecule has 1 nitrogen and oxygen atoms in total. The maximum absolute atomic E-state index is 14.2. The molecular formula is C17H14FN. The van der Waals surface area contributed by atoms with Crippen LogP contribution < -0.4 is 0 Å². The molecule has 0 aromatic heterocycles. The van der Waals surface area contributed by atoms with E-state index < -0.39 is 5.41 Å². The minimum absolute atomic E-state index is 0.247. The van der Waals surface area contributed by atoms with Gasteiger partial charge >= 0.3 is 0 Å². The van der Waals surface area contributed by atoms with Crippen molar-refractivity contribution < 1.29 is 4.39 Å². The number of rotatable bonds is 2. The van der Waals surface area contributed by atoms with Gasteiger partial charge in [-0.15, -0.1) is 0 Å². The van der Waals surface area contributed by atoms with Crippen molar-refractivity contribution in [3.63, 3.8) is 0 Å². The predicted molar refractivity (Wildman–Crippen MR) is 73.1 cm³/mol. The van der Waals surface area contributed by atoms with Crippen LogP contribution in [0.5, 0.6) is 0 Å². The maximum atomic E-state index is 14.2. The van der Waals surface area contributed by atoms with Crippen molar-refractivity contribution >= 4 is 0 Å². The molecule has 0 atom stereocenters. The van der Waals surface area contributed by atoms with Gasteiger partial charge in [-0.3, -0.25) is 0 Å². The Hall–Kier alpha value is -2.14. The summed E-state index contributed by atoms with van der Waals surface area (Å²) >= 11 is 0. The first kappa shape index (κ1) is 11.9. The lowest BCUT2D eigenvalue weighted by Crippen LogP contribution is -2.03. The molecule has 19 heavy (non-hydrogen) atoms. The molecule has 0 aliphatic heterocycles. The molecule has 94 valence electrons. The summed E-state index contributed by atoms with van der Waals surface area (Å²) in [6, 6.07) is 15.3. The van der Waals surface area contributed by atoms with Gasteiger partial charge in [0, 0.05) is 5.56 Å². The first-order chi connectivity index (χ1) is 9.14. The molecule has 0 spiro atoms. The molecule has 1 aliphatic carbocycles. The highest BCUT2D eigenvalue weighted by molar-refractivity contribution is 5.65. The van der Waals surface area contributed by atoms with E-state index >= 15 is 0 Å². The molecule has 0 amide bonds. The van der Waals surface area contributed by atoms with Crippen LogP contribution in [-0.2, 0) is 5.41 Å². The van der Waals surface area contributed by atoms with E-state index in [1.807, 2.05) is 37.3 Å². The second-order valence-corrected chi connectivity index (χ2v) is 5.25. The lowest BCUT2D eigenvalue weighted by atomic mass is 9.94. The highest BCUT2D eigenvalue weighted by atomic mass is 19.1. The molecule has 2 heteroatoms. The fourth-order valence-corrected chi connectivity index (χ4v) is 2.37. The van der Waals surface area contributed by atoms with Gasteiger partial charge in [0.05, 0.1) is 11.5 Å². The Balaban J connectivity index is 2.01. The summed E-state index contributed by atoms with van der Waals surface area (Å²) in [5.74, 6) is -0.247. The number of nitrogens with zero attached hydrogens (tertiary/aromatic N) is 1. The normalized spacial score (nSPS) is 15.8. The summed E-state index contributed by atoms with van der Waals surface area (Å²) in [4.78, 5) is 0. The number of hydrogen-bond donors (Lipinski definition) is 0. The molecule has 1 fully saturated rings. The number of aryl methyl sites for hydroxylation is 1. The van der Waals surface area contributed by atoms with E-state index in [1.54, 1.807) is 6.07 Å². The maximum Gasteiger partial charge on any atom is 0.131 e. The quantitative estimate of drug-likeness (QED) is 0.778. The van der Waals surface area contributed by atoms with Crippen LogP contribution >= 0.6 is 0 Å². The van der Waals surface area contributed by atoms with Gasteiger partial charge in [-0.2, -0.15) is 5.26 Å². The van der Waals surface area contributed by atoms with Crippen molar-refractivity contribution in [2.24, 2.45) is 0 Å². The zero-order chi connectivity index (χ0) is 13.5. The number of halogens is 1. The highest BCUT2D eigenvalue weighted by Gasteiger charge is 2.45. The Morgan fingerprint density at radius 3 is 2.32 bits per heavy atom. The van der Waals surface area contributed by atoms with Crippen LogP contribution in [0.1, 0.15) is 24.0 Å². The van der Waals surface area contributed by atoms with Gasteiger partial charge in [-0.1, -0.05) is 42.0 Å². The second-order valence-electron chi connectivity index (χ2n) is 5.25. The molecule has 0 N–H and O–H groups in total. The molecule has 1 saturated carbocycles. The van der Waals surface area contributed by atoms with Gasteiger partial charge in [-0.05, 0) is 37.0 Å². The second kappa shape index (κ2) is 4.20. The molecule has 0 saturated heterocycles. The SMILES string of the molecule is Cc1ccc(-c2ccc(C3(C#N)CC3)cc2F)cc1. The fraction of sp³-hybridized carbons (Fsp3) is 0.235. The molecule has 0 heterocycles. The summed E-state index contributed by atoms with van der Waals surface area (Å²) < 4.78 is 14.2. The molecule has 0 bridgehead atoms. The lowest BCUT2D eigenvalue weighted by Gasteiger charge is -2.09. The van der Waals surface area contributed by atoms with Crippen LogP contribution in [0.3, 0.4) is 0 Å². The minimum atomic E-state index is -0.424. The topological polar surface area (TPSA) is 23.8 Å². The number of nitriles is 1. The van der Waals surface area contributed by atoms with Gasteiger partial charge in [0.2, 0.25) is 0 Å². The molecule has 3 rings (SSSR count). The standard InChI is InChI=1S/C17H14FN/c1-12-2-4-13(5-3-12)15-7-6-14(10-16(15)18)17(11-19)8-9-17/h2-7,10H,8-9H2,1H3. The van der Waals surface area contributed by atoms with E-state index in [4.69, 9.17) is 5.26 Å². The smallest absolute Gasteiger partial charge is 0.131 e. The molecule has 2 aromatic rings. The third-order valence-electron chi connectivity index (χ3n) is 3.85. The van der Waals surface area contributed by atoms with E-state index in [-0.39, 0.29) is 5.82 Å². The van der Waals surface area contributed by atoms with Crippen LogP contribution in [0.15, 0.2) is 42.5 Å². The summed E-state index contributed by atoms with van der Waals surface area (Å²) in [5.41, 5.74) is 3.01. The van der Waals surface area contributed by atoms with E-state index in [9.17, 15) is 4.39 Å². The Morgan fingerprint density at radius 1 is 1.11 bits per heavy atom. The summed E-state index contributed by atoms with van der Waals surface area (Å²) in [6.07, 6.45) is 1.68. The monoisotopic (exact) mass is 251 g/mol. The average Bonchev–Trinajstić information content (AvgIpc) is 3.21. The molecule has 2 aromatic carbocycles. The van der Waals surface area contributed by atoms with Gasteiger partial charge < -0.3 is 0 Å². The van der Waals surface area contributed by atoms with Crippen LogP contribution in [0, 0.1) is 24.1 Å². The van der Waals surface area contributed by atoms with Crippen molar-refractivity contribution in [1.82, 2.24) is 0 Å². The Morgan fingerprint density at radius 2 is 1.79 bits per heavy atom. The van der Waals surface area contributed by atoms with Crippen molar-refractivity contribution in [3.8, 4) is 17.2 Å². The van der Waals surface area contributed by atoms with E-state index in [0.29, 0.717) is 5.56 Å². The van der Waals surface area contributed by atoms with E-state index in [2.05, 4.69) is 6.07 Å². The Bertz CT molecular complexity index is 661. The lowest BCUT2D eigenvalue weighted by molar-refractivity contribution is 0.627. The highest BCUT2D eigenvalue weighted by Crippen LogP contribution is 2.48. The van der Waals surface area contributed by atoms with Crippen LogP contribution in [-0.4, -0.2) is 0 Å². The molecular weight excluding hydrogens is 237 g/mol. The van der Waals surface area contributed by atoms with Gasteiger partial charge in [0.25, 0.3) is 0 Å². The molecule has 0 radical (unpaired) electrons. The summed E-state index contributed by atoms with van der Waals surface area (Å²) in [7, 11) is 0. The van der Waals surface area contributed by atoms with Gasteiger partial charge in [-0.25, -0.2) is 4.39 Å². The van der Waals surface area contributed by atoms with Crippen molar-refractivity contribution in [2.75, 3.05) is 0 Å². The zero-order valence-corrected chi connectivity index (χ0v) is 10.8. The summed E-state index contributed by atoms with van der Waals surface area (Å²) in [6.45, 7) is 2.01. The van der Waals surface area contributed by atoms with Crippen LogP contribution in [0.2, 0.25) is 0 Å². The zero-order valence-electron chi connectivity index (χ0n) is 10.8. The van der Waals surface area contributed by atoms with E-state index in [0.717, 1.165) is 29.5 Å². The predicted octanol–water partition coefficient (Wildman–Crippen LogP) is 4.36.